The highest BCUT2D eigenvalue weighted by Gasteiger charge is 2.12. The maximum absolute atomic E-state index is 12.2. The Hall–Kier alpha value is -2.41. The van der Waals surface area contributed by atoms with Crippen LogP contribution < -0.4 is 5.32 Å². The second-order valence-corrected chi connectivity index (χ2v) is 7.29. The van der Waals surface area contributed by atoms with Gasteiger partial charge in [-0.15, -0.1) is 11.3 Å². The number of carbonyl (C=O) groups is 1. The molecule has 2 N–H and O–H groups in total. The monoisotopic (exact) mass is 402 g/mol. The van der Waals surface area contributed by atoms with Gasteiger partial charge in [-0.3, -0.25) is 4.79 Å². The molecule has 0 aliphatic carbocycles. The molecular weight excluding hydrogens is 391 g/mol. The van der Waals surface area contributed by atoms with Crippen molar-refractivity contribution < 1.29 is 4.79 Å². The van der Waals surface area contributed by atoms with Gasteiger partial charge in [-0.1, -0.05) is 41.4 Å². The number of hydrogen-bond donors (Lipinski definition) is 2. The first-order valence-electron chi connectivity index (χ1n) is 7.73. The van der Waals surface area contributed by atoms with Crippen LogP contribution in [0.4, 0.5) is 5.13 Å². The topological polar surface area (TPSA) is 70.7 Å². The van der Waals surface area contributed by atoms with Crippen molar-refractivity contribution in [3.8, 4) is 11.5 Å². The lowest BCUT2D eigenvalue weighted by Gasteiger charge is -2.03. The maximum atomic E-state index is 12.2. The second-order valence-electron chi connectivity index (χ2n) is 5.61. The Kier molecular flexibility index (Phi) is 4.63. The molecule has 4 aromatic rings. The largest absolute Gasteiger partial charge is 0.337 e. The van der Waals surface area contributed by atoms with Gasteiger partial charge in [-0.2, -0.15) is 0 Å². The zero-order valence-electron chi connectivity index (χ0n) is 13.3. The number of benzene rings is 2. The molecule has 5 nitrogen and oxygen atoms in total. The summed E-state index contributed by atoms with van der Waals surface area (Å²) in [6.07, 6.45) is 0.191. The van der Waals surface area contributed by atoms with Crippen molar-refractivity contribution in [3.63, 3.8) is 0 Å². The number of rotatable bonds is 4. The van der Waals surface area contributed by atoms with Crippen LogP contribution in [0.3, 0.4) is 0 Å². The number of imidazole rings is 1. The van der Waals surface area contributed by atoms with E-state index in [1.54, 1.807) is 18.2 Å². The van der Waals surface area contributed by atoms with Gasteiger partial charge in [-0.05, 0) is 29.8 Å². The SMILES string of the molecule is O=C(Cc1ccc(Cl)c(Cl)c1)Nc1nc(-c2nc3ccccc3[nH]2)cs1. The number of anilines is 1. The predicted octanol–water partition coefficient (Wildman–Crippen LogP) is 5.17. The first kappa shape index (κ1) is 17.0. The maximum Gasteiger partial charge on any atom is 0.230 e. The van der Waals surface area contributed by atoms with E-state index in [4.69, 9.17) is 23.2 Å². The van der Waals surface area contributed by atoms with E-state index in [-0.39, 0.29) is 12.3 Å². The van der Waals surface area contributed by atoms with E-state index in [0.29, 0.717) is 26.7 Å². The minimum absolute atomic E-state index is 0.172. The van der Waals surface area contributed by atoms with Crippen molar-refractivity contribution in [2.45, 2.75) is 6.42 Å². The Balaban J connectivity index is 1.47. The molecule has 4 rings (SSSR count). The molecule has 0 spiro atoms. The van der Waals surface area contributed by atoms with Gasteiger partial charge in [0.1, 0.15) is 5.69 Å². The molecule has 2 aromatic carbocycles. The fourth-order valence-corrected chi connectivity index (χ4v) is 3.54. The summed E-state index contributed by atoms with van der Waals surface area (Å²) in [5.74, 6) is 0.501. The Labute approximate surface area is 163 Å². The minimum atomic E-state index is -0.172. The van der Waals surface area contributed by atoms with Gasteiger partial charge in [-0.25, -0.2) is 9.97 Å². The molecule has 0 bridgehead atoms. The molecule has 0 unspecified atom stereocenters. The number of nitrogens with zero attached hydrogens (tertiary/aromatic N) is 2. The number of H-pyrrole nitrogens is 1. The lowest BCUT2D eigenvalue weighted by molar-refractivity contribution is -0.115. The molecule has 0 fully saturated rings. The molecule has 130 valence electrons. The van der Waals surface area contributed by atoms with Crippen molar-refractivity contribution in [1.82, 2.24) is 15.0 Å². The van der Waals surface area contributed by atoms with Crippen LogP contribution in [0.1, 0.15) is 5.56 Å². The van der Waals surface area contributed by atoms with Gasteiger partial charge in [0, 0.05) is 5.38 Å². The summed E-state index contributed by atoms with van der Waals surface area (Å²) in [4.78, 5) is 24.4. The van der Waals surface area contributed by atoms with Crippen molar-refractivity contribution in [1.29, 1.82) is 0 Å². The Morgan fingerprint density at radius 3 is 2.77 bits per heavy atom. The molecule has 1 amide bonds. The first-order chi connectivity index (χ1) is 12.6. The third kappa shape index (κ3) is 3.58. The van der Waals surface area contributed by atoms with E-state index >= 15 is 0 Å². The molecule has 0 saturated carbocycles. The number of carbonyl (C=O) groups excluding carboxylic acids is 1. The van der Waals surface area contributed by atoms with E-state index in [2.05, 4.69) is 20.3 Å². The Morgan fingerprint density at radius 2 is 1.96 bits per heavy atom. The number of thiazole rings is 1. The summed E-state index contributed by atoms with van der Waals surface area (Å²) in [7, 11) is 0. The number of nitrogens with one attached hydrogen (secondary N) is 2. The summed E-state index contributed by atoms with van der Waals surface area (Å²) >= 11 is 13.2. The standard InChI is InChI=1S/C18H12Cl2N4OS/c19-11-6-5-10(7-12(11)20)8-16(25)24-18-23-15(9-26-18)17-21-13-3-1-2-4-14(13)22-17/h1-7,9H,8H2,(H,21,22)(H,23,24,25). The van der Waals surface area contributed by atoms with Gasteiger partial charge in [0.15, 0.2) is 11.0 Å². The number of amides is 1. The molecule has 0 radical (unpaired) electrons. The molecule has 0 atom stereocenters. The number of halogens is 2. The average molecular weight is 403 g/mol. The summed E-state index contributed by atoms with van der Waals surface area (Å²) in [5.41, 5.74) is 3.29. The predicted molar refractivity (Wildman–Crippen MR) is 106 cm³/mol. The van der Waals surface area contributed by atoms with Crippen LogP contribution in [0, 0.1) is 0 Å². The fraction of sp³-hybridized carbons (Fsp3) is 0.0556. The third-order valence-corrected chi connectivity index (χ3v) is 5.23. The fourth-order valence-electron chi connectivity index (χ4n) is 2.51. The van der Waals surface area contributed by atoms with Gasteiger partial charge in [0.25, 0.3) is 0 Å². The van der Waals surface area contributed by atoms with E-state index in [9.17, 15) is 4.79 Å². The third-order valence-electron chi connectivity index (χ3n) is 3.73. The zero-order valence-corrected chi connectivity index (χ0v) is 15.6. The van der Waals surface area contributed by atoms with Crippen LogP contribution in [-0.4, -0.2) is 20.9 Å². The quantitative estimate of drug-likeness (QED) is 0.494. The van der Waals surface area contributed by atoms with Crippen LogP contribution in [0.5, 0.6) is 0 Å². The molecule has 0 aliphatic rings. The Bertz CT molecular complexity index is 1070. The van der Waals surface area contributed by atoms with Crippen molar-refractivity contribution in [2.75, 3.05) is 5.32 Å². The second kappa shape index (κ2) is 7.07. The van der Waals surface area contributed by atoms with Crippen molar-refractivity contribution in [2.24, 2.45) is 0 Å². The van der Waals surface area contributed by atoms with E-state index in [0.717, 1.165) is 16.6 Å². The first-order valence-corrected chi connectivity index (χ1v) is 9.36. The van der Waals surface area contributed by atoms with Crippen LogP contribution in [-0.2, 0) is 11.2 Å². The van der Waals surface area contributed by atoms with Gasteiger partial charge in [0.05, 0.1) is 27.5 Å². The van der Waals surface area contributed by atoms with Crippen molar-refractivity contribution >= 4 is 56.6 Å². The van der Waals surface area contributed by atoms with E-state index < -0.39 is 0 Å². The zero-order chi connectivity index (χ0) is 18.1. The molecule has 0 saturated heterocycles. The van der Waals surface area contributed by atoms with Crippen molar-refractivity contribution in [3.05, 3.63) is 63.5 Å². The highest BCUT2D eigenvalue weighted by Crippen LogP contribution is 2.26. The molecule has 2 aromatic heterocycles. The molecular formula is C18H12Cl2N4OS. The summed E-state index contributed by atoms with van der Waals surface area (Å²) < 4.78 is 0. The minimum Gasteiger partial charge on any atom is -0.337 e. The smallest absolute Gasteiger partial charge is 0.230 e. The number of aromatic amines is 1. The molecule has 0 aliphatic heterocycles. The van der Waals surface area contributed by atoms with E-state index in [1.165, 1.54) is 11.3 Å². The van der Waals surface area contributed by atoms with Crippen LogP contribution >= 0.6 is 34.5 Å². The number of para-hydroxylation sites is 2. The summed E-state index contributed by atoms with van der Waals surface area (Å²) in [6.45, 7) is 0. The average Bonchev–Trinajstić information content (AvgIpc) is 3.24. The van der Waals surface area contributed by atoms with Crippen LogP contribution in [0.2, 0.25) is 10.0 Å². The summed E-state index contributed by atoms with van der Waals surface area (Å²) in [6, 6.07) is 12.9. The lowest BCUT2D eigenvalue weighted by atomic mass is 10.1. The molecule has 2 heterocycles. The number of fused-ring (bicyclic) bond motifs is 1. The number of hydrogen-bond acceptors (Lipinski definition) is 4. The van der Waals surface area contributed by atoms with Gasteiger partial charge in [0.2, 0.25) is 5.91 Å². The molecule has 26 heavy (non-hydrogen) atoms. The highest BCUT2D eigenvalue weighted by molar-refractivity contribution is 7.14. The normalized spacial score (nSPS) is 11.0. The lowest BCUT2D eigenvalue weighted by Crippen LogP contribution is -2.14. The summed E-state index contributed by atoms with van der Waals surface area (Å²) in [5, 5.41) is 6.06. The van der Waals surface area contributed by atoms with E-state index in [1.807, 2.05) is 29.6 Å². The number of aromatic nitrogens is 3. The molecule has 8 heteroatoms. The Morgan fingerprint density at radius 1 is 1.12 bits per heavy atom. The van der Waals surface area contributed by atoms with Gasteiger partial charge < -0.3 is 10.3 Å². The van der Waals surface area contributed by atoms with Crippen LogP contribution in [0.25, 0.3) is 22.6 Å². The van der Waals surface area contributed by atoms with Gasteiger partial charge >= 0.3 is 0 Å². The highest BCUT2D eigenvalue weighted by atomic mass is 35.5. The van der Waals surface area contributed by atoms with Crippen LogP contribution in [0.15, 0.2) is 47.8 Å².